The van der Waals surface area contributed by atoms with Crippen molar-refractivity contribution in [1.29, 1.82) is 0 Å². The summed E-state index contributed by atoms with van der Waals surface area (Å²) in [5.41, 5.74) is 1.35. The van der Waals surface area contributed by atoms with E-state index in [0.29, 0.717) is 5.69 Å². The molecule has 1 aromatic carbocycles. The molecule has 1 aliphatic heterocycles. The molecule has 2 heterocycles. The number of fused-ring (bicyclic) bond motifs is 1. The second-order valence-electron chi connectivity index (χ2n) is 4.91. The molecule has 4 nitrogen and oxygen atoms in total. The molecule has 19 heavy (non-hydrogen) atoms. The van der Waals surface area contributed by atoms with Crippen LogP contribution in [0, 0.1) is 0 Å². The van der Waals surface area contributed by atoms with E-state index < -0.39 is 0 Å². The van der Waals surface area contributed by atoms with Gasteiger partial charge < -0.3 is 10.6 Å². The molecule has 0 spiro atoms. The van der Waals surface area contributed by atoms with Crippen molar-refractivity contribution in [3.63, 3.8) is 0 Å². The van der Waals surface area contributed by atoms with Gasteiger partial charge in [-0.3, -0.25) is 4.79 Å². The van der Waals surface area contributed by atoms with Gasteiger partial charge >= 0.3 is 0 Å². The minimum Gasteiger partial charge on any atom is -0.347 e. The van der Waals surface area contributed by atoms with Crippen molar-refractivity contribution in [2.24, 2.45) is 0 Å². The number of nitrogens with zero attached hydrogens (tertiary/aromatic N) is 1. The third-order valence-electron chi connectivity index (χ3n) is 3.46. The first-order chi connectivity index (χ1) is 9.33. The lowest BCUT2D eigenvalue weighted by atomic mass is 10.1. The lowest BCUT2D eigenvalue weighted by Crippen LogP contribution is -2.45. The first-order valence-electron chi connectivity index (χ1n) is 6.70. The maximum absolute atomic E-state index is 12.2. The van der Waals surface area contributed by atoms with Gasteiger partial charge in [-0.05, 0) is 31.5 Å². The van der Waals surface area contributed by atoms with Crippen LogP contribution in [0.5, 0.6) is 0 Å². The predicted octanol–water partition coefficient (Wildman–Crippen LogP) is 1.72. The van der Waals surface area contributed by atoms with Gasteiger partial charge in [-0.1, -0.05) is 24.3 Å². The number of rotatable bonds is 2. The van der Waals surface area contributed by atoms with E-state index in [-0.39, 0.29) is 11.9 Å². The Kier molecular flexibility index (Phi) is 3.42. The van der Waals surface area contributed by atoms with Crippen LogP contribution in [0.2, 0.25) is 0 Å². The quantitative estimate of drug-likeness (QED) is 0.859. The molecule has 3 rings (SSSR count). The molecule has 1 aliphatic rings. The van der Waals surface area contributed by atoms with Crippen molar-refractivity contribution in [3.8, 4) is 0 Å². The molecule has 1 unspecified atom stereocenters. The first-order valence-corrected chi connectivity index (χ1v) is 6.70. The van der Waals surface area contributed by atoms with Crippen LogP contribution in [-0.2, 0) is 0 Å². The minimum atomic E-state index is -0.0838. The summed E-state index contributed by atoms with van der Waals surface area (Å²) >= 11 is 0. The van der Waals surface area contributed by atoms with Crippen LogP contribution >= 0.6 is 0 Å². The molecule has 0 radical (unpaired) electrons. The second kappa shape index (κ2) is 5.36. The lowest BCUT2D eigenvalue weighted by molar-refractivity contribution is 0.0926. The van der Waals surface area contributed by atoms with Crippen LogP contribution in [0.1, 0.15) is 23.3 Å². The normalized spacial score (nSPS) is 19.3. The highest BCUT2D eigenvalue weighted by atomic mass is 16.1. The van der Waals surface area contributed by atoms with Crippen LogP contribution < -0.4 is 10.6 Å². The summed E-state index contributed by atoms with van der Waals surface area (Å²) < 4.78 is 0. The fraction of sp³-hybridized carbons (Fsp3) is 0.333. The fourth-order valence-corrected chi connectivity index (χ4v) is 2.43. The van der Waals surface area contributed by atoms with Crippen LogP contribution in [0.4, 0.5) is 0 Å². The largest absolute Gasteiger partial charge is 0.347 e. The SMILES string of the molecule is O=C(NC1CCCNC1)c1ccc2ccccc2n1. The van der Waals surface area contributed by atoms with Crippen molar-refractivity contribution in [2.75, 3.05) is 13.1 Å². The van der Waals surface area contributed by atoms with Crippen LogP contribution in [0.3, 0.4) is 0 Å². The molecule has 1 saturated heterocycles. The molecule has 4 heteroatoms. The van der Waals surface area contributed by atoms with Crippen LogP contribution in [-0.4, -0.2) is 30.0 Å². The summed E-state index contributed by atoms with van der Waals surface area (Å²) in [6, 6.07) is 11.8. The lowest BCUT2D eigenvalue weighted by Gasteiger charge is -2.23. The van der Waals surface area contributed by atoms with Gasteiger partial charge in [0.2, 0.25) is 0 Å². The number of carbonyl (C=O) groups excluding carboxylic acids is 1. The van der Waals surface area contributed by atoms with Crippen molar-refractivity contribution < 1.29 is 4.79 Å². The Morgan fingerprint density at radius 3 is 3.00 bits per heavy atom. The highest BCUT2D eigenvalue weighted by Gasteiger charge is 2.17. The molecule has 2 aromatic rings. The average Bonchev–Trinajstić information content (AvgIpc) is 2.48. The zero-order valence-electron chi connectivity index (χ0n) is 10.7. The maximum Gasteiger partial charge on any atom is 0.270 e. The van der Waals surface area contributed by atoms with E-state index >= 15 is 0 Å². The Hall–Kier alpha value is -1.94. The van der Waals surface area contributed by atoms with E-state index in [1.54, 1.807) is 6.07 Å². The summed E-state index contributed by atoms with van der Waals surface area (Å²) in [5.74, 6) is -0.0838. The zero-order valence-corrected chi connectivity index (χ0v) is 10.7. The van der Waals surface area contributed by atoms with E-state index in [1.165, 1.54) is 0 Å². The van der Waals surface area contributed by atoms with Gasteiger partial charge in [-0.15, -0.1) is 0 Å². The Balaban J connectivity index is 1.77. The number of benzene rings is 1. The topological polar surface area (TPSA) is 54.0 Å². The third kappa shape index (κ3) is 2.74. The summed E-state index contributed by atoms with van der Waals surface area (Å²) in [7, 11) is 0. The number of aromatic nitrogens is 1. The fourth-order valence-electron chi connectivity index (χ4n) is 2.43. The standard InChI is InChI=1S/C15H17N3O/c19-15(17-12-5-3-9-16-10-12)14-8-7-11-4-1-2-6-13(11)18-14/h1-2,4,6-8,12,16H,3,5,9-10H2,(H,17,19). The number of carbonyl (C=O) groups is 1. The number of pyridine rings is 1. The number of hydrogen-bond acceptors (Lipinski definition) is 3. The molecule has 0 bridgehead atoms. The number of amides is 1. The van der Waals surface area contributed by atoms with Gasteiger partial charge in [0.15, 0.2) is 0 Å². The monoisotopic (exact) mass is 255 g/mol. The van der Waals surface area contributed by atoms with Crippen molar-refractivity contribution in [1.82, 2.24) is 15.6 Å². The molecule has 1 atom stereocenters. The predicted molar refractivity (Wildman–Crippen MR) is 75.1 cm³/mol. The van der Waals surface area contributed by atoms with Gasteiger partial charge in [0.25, 0.3) is 5.91 Å². The average molecular weight is 255 g/mol. The third-order valence-corrected chi connectivity index (χ3v) is 3.46. The Labute approximate surface area is 112 Å². The molecule has 1 fully saturated rings. The molecule has 1 aromatic heterocycles. The van der Waals surface area contributed by atoms with E-state index in [0.717, 1.165) is 36.8 Å². The Morgan fingerprint density at radius 2 is 2.16 bits per heavy atom. The number of piperidine rings is 1. The van der Waals surface area contributed by atoms with Gasteiger partial charge in [0.1, 0.15) is 5.69 Å². The van der Waals surface area contributed by atoms with E-state index in [1.807, 2.05) is 30.3 Å². The van der Waals surface area contributed by atoms with Crippen LogP contribution in [0.25, 0.3) is 10.9 Å². The van der Waals surface area contributed by atoms with Gasteiger partial charge in [0.05, 0.1) is 5.52 Å². The van der Waals surface area contributed by atoms with Crippen molar-refractivity contribution in [3.05, 3.63) is 42.1 Å². The summed E-state index contributed by atoms with van der Waals surface area (Å²) in [6.07, 6.45) is 2.14. The van der Waals surface area contributed by atoms with Crippen molar-refractivity contribution in [2.45, 2.75) is 18.9 Å². The Morgan fingerprint density at radius 1 is 1.26 bits per heavy atom. The molecular formula is C15H17N3O. The number of hydrogen-bond donors (Lipinski definition) is 2. The minimum absolute atomic E-state index is 0.0838. The molecule has 0 saturated carbocycles. The number of nitrogens with one attached hydrogen (secondary N) is 2. The molecule has 0 aliphatic carbocycles. The zero-order chi connectivity index (χ0) is 13.1. The van der Waals surface area contributed by atoms with Gasteiger partial charge in [-0.25, -0.2) is 4.98 Å². The van der Waals surface area contributed by atoms with E-state index in [9.17, 15) is 4.79 Å². The molecule has 2 N–H and O–H groups in total. The molecule has 98 valence electrons. The number of para-hydroxylation sites is 1. The molecular weight excluding hydrogens is 238 g/mol. The van der Waals surface area contributed by atoms with E-state index in [2.05, 4.69) is 15.6 Å². The molecule has 1 amide bonds. The van der Waals surface area contributed by atoms with Crippen molar-refractivity contribution >= 4 is 16.8 Å². The van der Waals surface area contributed by atoms with Crippen LogP contribution in [0.15, 0.2) is 36.4 Å². The summed E-state index contributed by atoms with van der Waals surface area (Å²) in [5, 5.41) is 7.38. The highest BCUT2D eigenvalue weighted by Crippen LogP contribution is 2.12. The van der Waals surface area contributed by atoms with E-state index in [4.69, 9.17) is 0 Å². The maximum atomic E-state index is 12.2. The Bertz CT molecular complexity index is 591. The highest BCUT2D eigenvalue weighted by molar-refractivity contribution is 5.95. The van der Waals surface area contributed by atoms with Gasteiger partial charge in [-0.2, -0.15) is 0 Å². The summed E-state index contributed by atoms with van der Waals surface area (Å²) in [6.45, 7) is 1.89. The smallest absolute Gasteiger partial charge is 0.270 e. The first kappa shape index (κ1) is 12.1. The summed E-state index contributed by atoms with van der Waals surface area (Å²) in [4.78, 5) is 16.6. The van der Waals surface area contributed by atoms with Gasteiger partial charge in [0, 0.05) is 18.0 Å². The second-order valence-corrected chi connectivity index (χ2v) is 4.91.